The first-order valence-corrected chi connectivity index (χ1v) is 11.8. The number of hydrogen-bond donors (Lipinski definition) is 3. The van der Waals surface area contributed by atoms with Gasteiger partial charge in [0.2, 0.25) is 15.9 Å². The van der Waals surface area contributed by atoms with Crippen molar-refractivity contribution in [2.24, 2.45) is 0 Å². The van der Waals surface area contributed by atoms with Gasteiger partial charge in [0.25, 0.3) is 0 Å². The fraction of sp³-hybridized carbons (Fsp3) is 0.409. The van der Waals surface area contributed by atoms with E-state index in [4.69, 9.17) is 4.74 Å². The van der Waals surface area contributed by atoms with Gasteiger partial charge in [-0.1, -0.05) is 42.5 Å². The summed E-state index contributed by atoms with van der Waals surface area (Å²) >= 11 is 0. The van der Waals surface area contributed by atoms with Crippen molar-refractivity contribution < 1.29 is 23.1 Å². The Morgan fingerprint density at radius 2 is 1.73 bits per heavy atom. The minimum atomic E-state index is -3.39. The molecule has 30 heavy (non-hydrogen) atoms. The van der Waals surface area contributed by atoms with E-state index in [1.807, 2.05) is 54.6 Å². The molecule has 162 valence electrons. The summed E-state index contributed by atoms with van der Waals surface area (Å²) in [6.07, 6.45) is 0.155. The van der Waals surface area contributed by atoms with Crippen molar-refractivity contribution in [3.8, 4) is 11.1 Å². The fourth-order valence-electron chi connectivity index (χ4n) is 3.53. The van der Waals surface area contributed by atoms with Crippen LogP contribution in [0.4, 0.5) is 5.69 Å². The molecule has 1 heterocycles. The Labute approximate surface area is 177 Å². The second-order valence-corrected chi connectivity index (χ2v) is 9.42. The monoisotopic (exact) mass is 432 g/mol. The molecule has 1 fully saturated rings. The van der Waals surface area contributed by atoms with Crippen LogP contribution in [-0.2, 0) is 19.6 Å². The summed E-state index contributed by atoms with van der Waals surface area (Å²) in [4.78, 5) is 12.4. The molecule has 1 saturated heterocycles. The van der Waals surface area contributed by atoms with E-state index in [-0.39, 0.29) is 30.8 Å². The van der Waals surface area contributed by atoms with E-state index < -0.39 is 22.2 Å². The SMILES string of the molecule is CCS(=O)(=O)N[C@@H]1CC[C@H](CC(=O)Nc2ccc(-c3ccccc3)cc2)O[C@@H]1CO. The third kappa shape index (κ3) is 6.12. The van der Waals surface area contributed by atoms with Gasteiger partial charge in [-0.3, -0.25) is 4.79 Å². The Bertz CT molecular complexity index is 932. The molecule has 2 aromatic rings. The van der Waals surface area contributed by atoms with Gasteiger partial charge in [-0.2, -0.15) is 0 Å². The van der Waals surface area contributed by atoms with Crippen LogP contribution in [0.15, 0.2) is 54.6 Å². The molecule has 1 aliphatic heterocycles. The number of carbonyl (C=O) groups is 1. The van der Waals surface area contributed by atoms with E-state index in [0.717, 1.165) is 11.1 Å². The first kappa shape index (κ1) is 22.4. The molecule has 1 amide bonds. The van der Waals surface area contributed by atoms with Crippen molar-refractivity contribution in [3.05, 3.63) is 54.6 Å². The highest BCUT2D eigenvalue weighted by atomic mass is 32.2. The highest BCUT2D eigenvalue weighted by Gasteiger charge is 2.33. The van der Waals surface area contributed by atoms with Crippen LogP contribution in [-0.4, -0.2) is 50.0 Å². The van der Waals surface area contributed by atoms with Gasteiger partial charge in [0.15, 0.2) is 0 Å². The average molecular weight is 433 g/mol. The molecule has 0 aromatic heterocycles. The largest absolute Gasteiger partial charge is 0.394 e. The second kappa shape index (κ2) is 10.2. The minimum Gasteiger partial charge on any atom is -0.394 e. The van der Waals surface area contributed by atoms with Gasteiger partial charge < -0.3 is 15.2 Å². The third-order valence-corrected chi connectivity index (χ3v) is 6.62. The van der Waals surface area contributed by atoms with Gasteiger partial charge in [0, 0.05) is 5.69 Å². The van der Waals surface area contributed by atoms with Crippen LogP contribution in [0.2, 0.25) is 0 Å². The Balaban J connectivity index is 1.53. The lowest BCUT2D eigenvalue weighted by molar-refractivity contribution is -0.126. The smallest absolute Gasteiger partial charge is 0.226 e. The van der Waals surface area contributed by atoms with Crippen molar-refractivity contribution in [2.75, 3.05) is 17.7 Å². The van der Waals surface area contributed by atoms with Gasteiger partial charge in [-0.25, -0.2) is 13.1 Å². The maximum atomic E-state index is 12.4. The van der Waals surface area contributed by atoms with E-state index in [1.54, 1.807) is 6.92 Å². The van der Waals surface area contributed by atoms with Crippen LogP contribution < -0.4 is 10.0 Å². The van der Waals surface area contributed by atoms with Crippen LogP contribution in [0.1, 0.15) is 26.2 Å². The minimum absolute atomic E-state index is 0.0312. The molecule has 3 N–H and O–H groups in total. The molecule has 3 rings (SSSR count). The lowest BCUT2D eigenvalue weighted by Crippen LogP contribution is -2.51. The number of benzene rings is 2. The number of aliphatic hydroxyl groups excluding tert-OH is 1. The summed E-state index contributed by atoms with van der Waals surface area (Å²) in [6.45, 7) is 1.25. The van der Waals surface area contributed by atoms with E-state index >= 15 is 0 Å². The molecule has 1 aliphatic rings. The van der Waals surface area contributed by atoms with E-state index in [9.17, 15) is 18.3 Å². The number of nitrogens with one attached hydrogen (secondary N) is 2. The molecule has 0 spiro atoms. The van der Waals surface area contributed by atoms with Gasteiger partial charge in [0.05, 0.1) is 37.0 Å². The first-order chi connectivity index (χ1) is 14.4. The van der Waals surface area contributed by atoms with E-state index in [0.29, 0.717) is 18.5 Å². The number of anilines is 1. The molecule has 0 aliphatic carbocycles. The summed E-state index contributed by atoms with van der Waals surface area (Å²) in [5.41, 5.74) is 2.87. The highest BCUT2D eigenvalue weighted by Crippen LogP contribution is 2.24. The Morgan fingerprint density at radius 1 is 1.07 bits per heavy atom. The molecule has 0 radical (unpaired) electrons. The van der Waals surface area contributed by atoms with Crippen molar-refractivity contribution in [3.63, 3.8) is 0 Å². The Hall–Kier alpha value is -2.26. The maximum Gasteiger partial charge on any atom is 0.226 e. The molecular weight excluding hydrogens is 404 g/mol. The van der Waals surface area contributed by atoms with Crippen molar-refractivity contribution in [1.29, 1.82) is 0 Å². The quantitative estimate of drug-likeness (QED) is 0.595. The van der Waals surface area contributed by atoms with Crippen LogP contribution in [0.3, 0.4) is 0 Å². The van der Waals surface area contributed by atoms with Crippen LogP contribution in [0, 0.1) is 0 Å². The van der Waals surface area contributed by atoms with E-state index in [1.165, 1.54) is 0 Å². The summed E-state index contributed by atoms with van der Waals surface area (Å²) in [5, 5.41) is 12.4. The maximum absolute atomic E-state index is 12.4. The number of rotatable bonds is 8. The zero-order valence-corrected chi connectivity index (χ0v) is 17.8. The van der Waals surface area contributed by atoms with Crippen LogP contribution >= 0.6 is 0 Å². The zero-order valence-electron chi connectivity index (χ0n) is 17.0. The summed E-state index contributed by atoms with van der Waals surface area (Å²) in [7, 11) is -3.39. The molecule has 0 unspecified atom stereocenters. The molecule has 0 saturated carbocycles. The van der Waals surface area contributed by atoms with Gasteiger partial charge >= 0.3 is 0 Å². The Morgan fingerprint density at radius 3 is 2.37 bits per heavy atom. The third-order valence-electron chi connectivity index (χ3n) is 5.20. The highest BCUT2D eigenvalue weighted by molar-refractivity contribution is 7.89. The van der Waals surface area contributed by atoms with Gasteiger partial charge in [0.1, 0.15) is 0 Å². The number of aliphatic hydroxyl groups is 1. The number of amides is 1. The fourth-order valence-corrected chi connectivity index (χ4v) is 4.42. The van der Waals surface area contributed by atoms with Crippen LogP contribution in [0.5, 0.6) is 0 Å². The molecule has 8 heteroatoms. The lowest BCUT2D eigenvalue weighted by Gasteiger charge is -2.35. The predicted octanol–water partition coefficient (Wildman–Crippen LogP) is 2.53. The van der Waals surface area contributed by atoms with Gasteiger partial charge in [-0.05, 0) is 43.0 Å². The summed E-state index contributed by atoms with van der Waals surface area (Å²) < 4.78 is 31.9. The number of sulfonamides is 1. The van der Waals surface area contributed by atoms with Crippen LogP contribution in [0.25, 0.3) is 11.1 Å². The zero-order chi connectivity index (χ0) is 21.6. The molecule has 3 atom stereocenters. The predicted molar refractivity (Wildman–Crippen MR) is 116 cm³/mol. The number of carbonyl (C=O) groups excluding carboxylic acids is 1. The molecular formula is C22H28N2O5S. The standard InChI is InChI=1S/C22H28N2O5S/c1-2-30(27,28)24-20-13-12-19(29-21(20)15-25)14-22(26)23-18-10-8-17(9-11-18)16-6-4-3-5-7-16/h3-11,19-21,24-25H,2,12-15H2,1H3,(H,23,26)/t19-,20-,21-/m1/s1. The Kier molecular flexibility index (Phi) is 7.60. The topological polar surface area (TPSA) is 105 Å². The summed E-state index contributed by atoms with van der Waals surface area (Å²) in [6, 6.07) is 17.1. The molecule has 2 aromatic carbocycles. The average Bonchev–Trinajstić information content (AvgIpc) is 2.75. The van der Waals surface area contributed by atoms with Crippen molar-refractivity contribution >= 4 is 21.6 Å². The number of hydrogen-bond acceptors (Lipinski definition) is 5. The second-order valence-electron chi connectivity index (χ2n) is 7.38. The van der Waals surface area contributed by atoms with Crippen molar-refractivity contribution in [1.82, 2.24) is 4.72 Å². The molecule has 0 bridgehead atoms. The molecule has 7 nitrogen and oxygen atoms in total. The number of ether oxygens (including phenoxy) is 1. The van der Waals surface area contributed by atoms with Crippen molar-refractivity contribution in [2.45, 2.75) is 44.4 Å². The lowest BCUT2D eigenvalue weighted by atomic mass is 9.98. The van der Waals surface area contributed by atoms with Gasteiger partial charge in [-0.15, -0.1) is 0 Å². The van der Waals surface area contributed by atoms with E-state index in [2.05, 4.69) is 10.0 Å². The normalized spacial score (nSPS) is 21.9. The summed E-state index contributed by atoms with van der Waals surface area (Å²) in [5.74, 6) is -0.215. The first-order valence-electron chi connectivity index (χ1n) is 10.1.